The zero-order valence-electron chi connectivity index (χ0n) is 14.8. The van der Waals surface area contributed by atoms with Gasteiger partial charge in [0.1, 0.15) is 4.88 Å². The maximum absolute atomic E-state index is 12.7. The predicted molar refractivity (Wildman–Crippen MR) is 100 cm³/mol. The van der Waals surface area contributed by atoms with Gasteiger partial charge in [0.25, 0.3) is 5.91 Å². The molecule has 140 valence electrons. The topological polar surface area (TPSA) is 84.3 Å². The number of aromatic nitrogens is 2. The summed E-state index contributed by atoms with van der Waals surface area (Å²) < 4.78 is 27.5. The van der Waals surface area contributed by atoms with E-state index in [0.717, 1.165) is 18.0 Å². The van der Waals surface area contributed by atoms with Crippen LogP contribution < -0.4 is 5.32 Å². The molecule has 4 rings (SSSR count). The van der Waals surface area contributed by atoms with Crippen molar-refractivity contribution >= 4 is 27.3 Å². The zero-order chi connectivity index (χ0) is 18.5. The van der Waals surface area contributed by atoms with Crippen LogP contribution in [0.1, 0.15) is 41.0 Å². The Balaban J connectivity index is 1.47. The third kappa shape index (κ3) is 3.19. The summed E-state index contributed by atoms with van der Waals surface area (Å²) in [5.74, 6) is -0.115. The highest BCUT2D eigenvalue weighted by Gasteiger charge is 2.45. The number of hydrogen-bond donors (Lipinski definition) is 1. The smallest absolute Gasteiger partial charge is 0.263 e. The Hall–Kier alpha value is -1.71. The number of carbonyl (C=O) groups excluding carboxylic acids is 1. The second-order valence-electron chi connectivity index (χ2n) is 7.12. The Morgan fingerprint density at radius 1 is 1.23 bits per heavy atom. The summed E-state index contributed by atoms with van der Waals surface area (Å²) in [6.45, 7) is 1.84. The predicted octanol–water partition coefficient (Wildman–Crippen LogP) is 1.93. The third-order valence-corrected chi connectivity index (χ3v) is 7.73. The Bertz CT molecular complexity index is 906. The molecule has 2 aliphatic rings. The lowest BCUT2D eigenvalue weighted by atomic mass is 9.99. The fourth-order valence-corrected chi connectivity index (χ4v) is 6.61. The molecule has 2 aromatic rings. The number of thiazole rings is 1. The van der Waals surface area contributed by atoms with E-state index in [-0.39, 0.29) is 24.0 Å². The van der Waals surface area contributed by atoms with E-state index in [1.807, 2.05) is 36.0 Å². The molecule has 2 aliphatic heterocycles. The second kappa shape index (κ2) is 6.47. The number of amides is 1. The highest BCUT2D eigenvalue weighted by molar-refractivity contribution is 7.88. The van der Waals surface area contributed by atoms with Crippen LogP contribution in [-0.2, 0) is 10.0 Å². The zero-order valence-corrected chi connectivity index (χ0v) is 16.4. The molecule has 9 heteroatoms. The first kappa shape index (κ1) is 17.7. The molecule has 0 radical (unpaired) electrons. The van der Waals surface area contributed by atoms with E-state index in [1.165, 1.54) is 17.6 Å². The minimum Gasteiger partial charge on any atom is -0.348 e. The van der Waals surface area contributed by atoms with Gasteiger partial charge in [-0.2, -0.15) is 4.31 Å². The molecule has 1 unspecified atom stereocenters. The number of rotatable bonds is 4. The Labute approximate surface area is 157 Å². The fraction of sp³-hybridized carbons (Fsp3) is 0.529. The molecule has 2 bridgehead atoms. The number of hydrogen-bond acceptors (Lipinski definition) is 5. The van der Waals surface area contributed by atoms with Crippen molar-refractivity contribution in [2.24, 2.45) is 0 Å². The summed E-state index contributed by atoms with van der Waals surface area (Å²) in [4.78, 5) is 17.9. The second-order valence-corrected chi connectivity index (χ2v) is 9.99. The van der Waals surface area contributed by atoms with Crippen LogP contribution >= 0.6 is 11.3 Å². The number of fused-ring (bicyclic) bond motifs is 2. The average Bonchev–Trinajstić information content (AvgIpc) is 3.25. The van der Waals surface area contributed by atoms with Crippen molar-refractivity contribution in [2.75, 3.05) is 6.26 Å². The van der Waals surface area contributed by atoms with E-state index in [1.54, 1.807) is 4.31 Å². The van der Waals surface area contributed by atoms with Gasteiger partial charge in [-0.1, -0.05) is 11.3 Å². The molecule has 26 heavy (non-hydrogen) atoms. The number of nitrogens with one attached hydrogen (secondary N) is 1. The van der Waals surface area contributed by atoms with Gasteiger partial charge < -0.3 is 9.88 Å². The first-order valence-corrected chi connectivity index (χ1v) is 11.4. The van der Waals surface area contributed by atoms with Gasteiger partial charge in [-0.25, -0.2) is 13.4 Å². The van der Waals surface area contributed by atoms with E-state index in [0.29, 0.717) is 23.4 Å². The monoisotopic (exact) mass is 394 g/mol. The highest BCUT2D eigenvalue weighted by atomic mass is 32.2. The van der Waals surface area contributed by atoms with Crippen molar-refractivity contribution in [3.8, 4) is 5.13 Å². The Morgan fingerprint density at radius 2 is 1.85 bits per heavy atom. The molecule has 1 N–H and O–H groups in total. The molecule has 1 amide bonds. The van der Waals surface area contributed by atoms with Gasteiger partial charge in [0, 0.05) is 30.5 Å². The van der Waals surface area contributed by atoms with Crippen LogP contribution in [0.4, 0.5) is 0 Å². The van der Waals surface area contributed by atoms with Gasteiger partial charge in [-0.15, -0.1) is 0 Å². The van der Waals surface area contributed by atoms with Gasteiger partial charge in [0.15, 0.2) is 5.13 Å². The van der Waals surface area contributed by atoms with Gasteiger partial charge in [0.2, 0.25) is 10.0 Å². The summed E-state index contributed by atoms with van der Waals surface area (Å²) in [6, 6.07) is 3.86. The summed E-state index contributed by atoms with van der Waals surface area (Å²) in [5, 5.41) is 3.88. The summed E-state index contributed by atoms with van der Waals surface area (Å²) >= 11 is 1.37. The van der Waals surface area contributed by atoms with Crippen LogP contribution in [0.5, 0.6) is 0 Å². The number of carbonyl (C=O) groups is 1. The van der Waals surface area contributed by atoms with Crippen molar-refractivity contribution in [1.29, 1.82) is 0 Å². The molecule has 2 saturated heterocycles. The lowest BCUT2D eigenvalue weighted by Gasteiger charge is -2.37. The van der Waals surface area contributed by atoms with E-state index >= 15 is 0 Å². The summed E-state index contributed by atoms with van der Waals surface area (Å²) in [6.07, 6.45) is 8.19. The molecule has 3 atom stereocenters. The summed E-state index contributed by atoms with van der Waals surface area (Å²) in [7, 11) is -3.18. The SMILES string of the molecule is Cc1nc(-n2cccc2)sc1C(=O)NC1C[C@H]2CC[C@@H](C1)N2S(C)(=O)=O. The molecule has 7 nitrogen and oxygen atoms in total. The van der Waals surface area contributed by atoms with Crippen LogP contribution in [-0.4, -0.2) is 52.6 Å². The number of aryl methyl sites for hydroxylation is 1. The van der Waals surface area contributed by atoms with Crippen molar-refractivity contribution in [3.63, 3.8) is 0 Å². The van der Waals surface area contributed by atoms with Crippen LogP contribution in [0.2, 0.25) is 0 Å². The van der Waals surface area contributed by atoms with E-state index in [4.69, 9.17) is 0 Å². The van der Waals surface area contributed by atoms with E-state index in [2.05, 4.69) is 10.3 Å². The van der Waals surface area contributed by atoms with Gasteiger partial charge in [0.05, 0.1) is 11.9 Å². The van der Waals surface area contributed by atoms with Gasteiger partial charge in [-0.3, -0.25) is 4.79 Å². The van der Waals surface area contributed by atoms with Crippen molar-refractivity contribution < 1.29 is 13.2 Å². The minimum atomic E-state index is -3.18. The van der Waals surface area contributed by atoms with E-state index < -0.39 is 10.0 Å². The van der Waals surface area contributed by atoms with Gasteiger partial charge >= 0.3 is 0 Å². The van der Waals surface area contributed by atoms with Crippen LogP contribution in [0, 0.1) is 6.92 Å². The molecule has 0 spiro atoms. The first-order chi connectivity index (χ1) is 12.3. The Kier molecular flexibility index (Phi) is 4.40. The molecule has 2 fully saturated rings. The average molecular weight is 395 g/mol. The highest BCUT2D eigenvalue weighted by Crippen LogP contribution is 2.37. The van der Waals surface area contributed by atoms with Crippen LogP contribution in [0.15, 0.2) is 24.5 Å². The standard InChI is InChI=1S/C17H22N4O3S2/c1-11-15(25-17(18-11)20-7-3-4-8-20)16(22)19-12-9-13-5-6-14(10-12)21(13)26(2,23)24/h3-4,7-8,12-14H,5-6,9-10H2,1-2H3,(H,19,22)/t12?,13-,14+. The summed E-state index contributed by atoms with van der Waals surface area (Å²) in [5.41, 5.74) is 0.716. The molecular weight excluding hydrogens is 372 g/mol. The molecule has 0 saturated carbocycles. The van der Waals surface area contributed by atoms with Crippen molar-refractivity contribution in [1.82, 2.24) is 19.2 Å². The van der Waals surface area contributed by atoms with Gasteiger partial charge in [-0.05, 0) is 44.7 Å². The first-order valence-electron chi connectivity index (χ1n) is 8.73. The fourth-order valence-electron chi connectivity index (χ4n) is 4.21. The van der Waals surface area contributed by atoms with Crippen LogP contribution in [0.3, 0.4) is 0 Å². The maximum Gasteiger partial charge on any atom is 0.263 e. The normalized spacial score (nSPS) is 26.2. The number of piperidine rings is 1. The maximum atomic E-state index is 12.7. The largest absolute Gasteiger partial charge is 0.348 e. The lowest BCUT2D eigenvalue weighted by molar-refractivity contribution is 0.0913. The van der Waals surface area contributed by atoms with Crippen molar-refractivity contribution in [3.05, 3.63) is 35.1 Å². The Morgan fingerprint density at radius 3 is 2.42 bits per heavy atom. The lowest BCUT2D eigenvalue weighted by Crippen LogP contribution is -2.52. The molecule has 4 heterocycles. The molecule has 0 aromatic carbocycles. The number of sulfonamides is 1. The molecule has 2 aromatic heterocycles. The molecule has 0 aliphatic carbocycles. The van der Waals surface area contributed by atoms with Crippen LogP contribution in [0.25, 0.3) is 5.13 Å². The number of nitrogens with zero attached hydrogens (tertiary/aromatic N) is 3. The minimum absolute atomic E-state index is 0.00652. The third-order valence-electron chi connectivity index (χ3n) is 5.20. The van der Waals surface area contributed by atoms with E-state index in [9.17, 15) is 13.2 Å². The quantitative estimate of drug-likeness (QED) is 0.859. The van der Waals surface area contributed by atoms with Crippen molar-refractivity contribution in [2.45, 2.75) is 50.7 Å². The molecular formula is C17H22N4O3S2.